The third-order valence-corrected chi connectivity index (χ3v) is 5.04. The fraction of sp³-hybridized carbons (Fsp3) is 0.462. The molecule has 0 unspecified atom stereocenters. The van der Waals surface area contributed by atoms with Crippen molar-refractivity contribution in [3.8, 4) is 11.5 Å². The zero-order chi connectivity index (χ0) is 27.3. The standard InChI is InChI=1S/C13H18O5.C8H10O3.C5H9BrO/c1-17-13(16)3-2-4-18-12-6-10(8-14)5-11(7-12)9-15;9-4-6-1-7(5-10)3-8(11)2-6;1-5(7)3-2-4-6/h5-7,14-15H,2-4,8-9H2,1H3;1-3,9-11H,4-5H2;2-4H2,1H3. The highest BCUT2D eigenvalue weighted by Crippen LogP contribution is 2.18. The van der Waals surface area contributed by atoms with E-state index in [1.54, 1.807) is 31.2 Å². The molecule has 0 aliphatic heterocycles. The van der Waals surface area contributed by atoms with Crippen molar-refractivity contribution >= 4 is 27.7 Å². The van der Waals surface area contributed by atoms with Crippen molar-refractivity contribution in [2.24, 2.45) is 0 Å². The third kappa shape index (κ3) is 16.2. The number of phenols is 1. The van der Waals surface area contributed by atoms with Crippen LogP contribution in [0.15, 0.2) is 36.4 Å². The second-order valence-electron chi connectivity index (χ2n) is 7.65. The summed E-state index contributed by atoms with van der Waals surface area (Å²) in [7, 11) is 1.35. The average molecular weight is 573 g/mol. The maximum absolute atomic E-state index is 10.9. The molecule has 0 saturated carbocycles. The van der Waals surface area contributed by atoms with Crippen molar-refractivity contribution in [3.63, 3.8) is 0 Å². The van der Waals surface area contributed by atoms with E-state index in [1.807, 2.05) is 0 Å². The van der Waals surface area contributed by atoms with Gasteiger partial charge in [-0.1, -0.05) is 28.1 Å². The minimum atomic E-state index is -0.265. The maximum atomic E-state index is 10.9. The Morgan fingerprint density at radius 2 is 1.25 bits per heavy atom. The number of hydrogen-bond donors (Lipinski definition) is 5. The van der Waals surface area contributed by atoms with Gasteiger partial charge in [0.1, 0.15) is 17.3 Å². The molecule has 0 amide bonds. The Bertz CT molecular complexity index is 858. The number of halogens is 1. The van der Waals surface area contributed by atoms with Crippen LogP contribution in [0.1, 0.15) is 54.9 Å². The van der Waals surface area contributed by atoms with Gasteiger partial charge in [-0.15, -0.1) is 0 Å². The van der Waals surface area contributed by atoms with E-state index in [2.05, 4.69) is 20.7 Å². The molecule has 2 rings (SSSR count). The van der Waals surface area contributed by atoms with E-state index in [9.17, 15) is 9.59 Å². The Hall–Kier alpha value is -2.50. The van der Waals surface area contributed by atoms with Crippen molar-refractivity contribution in [2.75, 3.05) is 19.0 Å². The number of phenolic OH excluding ortho intramolecular Hbond substituents is 1. The lowest BCUT2D eigenvalue weighted by molar-refractivity contribution is -0.140. The van der Waals surface area contributed by atoms with Gasteiger partial charge in [-0.05, 0) is 66.3 Å². The number of rotatable bonds is 12. The number of methoxy groups -OCH3 is 1. The van der Waals surface area contributed by atoms with Gasteiger partial charge in [0, 0.05) is 18.2 Å². The molecule has 0 aromatic heterocycles. The number of alkyl halides is 1. The van der Waals surface area contributed by atoms with E-state index < -0.39 is 0 Å². The van der Waals surface area contributed by atoms with Gasteiger partial charge in [-0.3, -0.25) is 4.79 Å². The van der Waals surface area contributed by atoms with E-state index in [0.29, 0.717) is 53.9 Å². The Kier molecular flexibility index (Phi) is 19.2. The number of carbonyl (C=O) groups excluding carboxylic acids is 2. The first-order valence-electron chi connectivity index (χ1n) is 11.4. The average Bonchev–Trinajstić information content (AvgIpc) is 2.89. The van der Waals surface area contributed by atoms with Crippen LogP contribution in [0.3, 0.4) is 0 Å². The smallest absolute Gasteiger partial charge is 0.305 e. The highest BCUT2D eigenvalue weighted by molar-refractivity contribution is 9.09. The van der Waals surface area contributed by atoms with Crippen molar-refractivity contribution in [1.29, 1.82) is 0 Å². The summed E-state index contributed by atoms with van der Waals surface area (Å²) in [6.45, 7) is 1.54. The Balaban J connectivity index is 0.000000576. The lowest BCUT2D eigenvalue weighted by Gasteiger charge is -2.09. The van der Waals surface area contributed by atoms with E-state index >= 15 is 0 Å². The zero-order valence-corrected chi connectivity index (χ0v) is 22.4. The van der Waals surface area contributed by atoms with Gasteiger partial charge in [0.25, 0.3) is 0 Å². The number of ether oxygens (including phenoxy) is 2. The first-order valence-corrected chi connectivity index (χ1v) is 12.5. The molecule has 0 fully saturated rings. The predicted molar refractivity (Wildman–Crippen MR) is 139 cm³/mol. The highest BCUT2D eigenvalue weighted by Gasteiger charge is 2.03. The molecular weight excluding hydrogens is 536 g/mol. The number of esters is 1. The second-order valence-corrected chi connectivity index (χ2v) is 8.44. The van der Waals surface area contributed by atoms with E-state index in [-0.39, 0.29) is 43.9 Å². The maximum Gasteiger partial charge on any atom is 0.305 e. The number of aliphatic hydroxyl groups is 4. The molecule has 2 aromatic carbocycles. The number of ketones is 1. The van der Waals surface area contributed by atoms with Crippen LogP contribution in [0.5, 0.6) is 11.5 Å². The molecule has 0 spiro atoms. The van der Waals surface area contributed by atoms with Crippen LogP contribution in [-0.4, -0.2) is 56.3 Å². The van der Waals surface area contributed by atoms with Crippen LogP contribution >= 0.6 is 15.9 Å². The lowest BCUT2D eigenvalue weighted by Crippen LogP contribution is -2.05. The topological polar surface area (TPSA) is 154 Å². The number of aromatic hydroxyl groups is 1. The molecule has 0 aliphatic carbocycles. The summed E-state index contributed by atoms with van der Waals surface area (Å²) in [5.74, 6) is 0.661. The molecule has 0 atom stereocenters. The molecule has 36 heavy (non-hydrogen) atoms. The summed E-state index contributed by atoms with van der Waals surface area (Å²) in [6, 6.07) is 9.67. The largest absolute Gasteiger partial charge is 0.508 e. The fourth-order valence-electron chi connectivity index (χ4n) is 2.74. The molecule has 0 heterocycles. The lowest BCUT2D eigenvalue weighted by atomic mass is 10.1. The minimum Gasteiger partial charge on any atom is -0.508 e. The molecule has 202 valence electrons. The Morgan fingerprint density at radius 3 is 1.61 bits per heavy atom. The van der Waals surface area contributed by atoms with Gasteiger partial charge in [0.05, 0.1) is 40.1 Å². The summed E-state index contributed by atoms with van der Waals surface area (Å²) in [6.07, 6.45) is 2.55. The van der Waals surface area contributed by atoms with Crippen LogP contribution < -0.4 is 4.74 Å². The SMILES string of the molecule is CC(=O)CCCBr.COC(=O)CCCOc1cc(CO)cc(CO)c1.OCc1cc(O)cc(CO)c1. The molecular formula is C26H37BrO9. The molecule has 0 aliphatic rings. The van der Waals surface area contributed by atoms with Gasteiger partial charge < -0.3 is 39.8 Å². The van der Waals surface area contributed by atoms with Crippen LogP contribution in [-0.2, 0) is 40.8 Å². The van der Waals surface area contributed by atoms with Gasteiger partial charge in [-0.25, -0.2) is 0 Å². The predicted octanol–water partition coefficient (Wildman–Crippen LogP) is 3.13. The monoisotopic (exact) mass is 572 g/mol. The zero-order valence-electron chi connectivity index (χ0n) is 20.8. The van der Waals surface area contributed by atoms with Crippen molar-refractivity contribution < 1.29 is 44.6 Å². The van der Waals surface area contributed by atoms with Crippen molar-refractivity contribution in [2.45, 2.75) is 59.0 Å². The molecule has 10 heteroatoms. The molecule has 0 bridgehead atoms. The van der Waals surface area contributed by atoms with Gasteiger partial charge >= 0.3 is 5.97 Å². The molecule has 0 radical (unpaired) electrons. The first-order chi connectivity index (χ1) is 17.2. The Morgan fingerprint density at radius 1 is 0.778 bits per heavy atom. The molecule has 0 saturated heterocycles. The van der Waals surface area contributed by atoms with Gasteiger partial charge in [-0.2, -0.15) is 0 Å². The van der Waals surface area contributed by atoms with Crippen LogP contribution in [0, 0.1) is 0 Å². The van der Waals surface area contributed by atoms with Crippen LogP contribution in [0.4, 0.5) is 0 Å². The van der Waals surface area contributed by atoms with Crippen LogP contribution in [0.25, 0.3) is 0 Å². The summed E-state index contributed by atoms with van der Waals surface area (Å²) in [5, 5.41) is 45.5. The van der Waals surface area contributed by atoms with E-state index in [1.165, 1.54) is 19.2 Å². The normalized spacial score (nSPS) is 9.86. The van der Waals surface area contributed by atoms with Gasteiger partial charge in [0.15, 0.2) is 0 Å². The first kappa shape index (κ1) is 33.5. The minimum absolute atomic E-state index is 0.0700. The third-order valence-electron chi connectivity index (χ3n) is 4.48. The highest BCUT2D eigenvalue weighted by atomic mass is 79.9. The number of hydrogen-bond acceptors (Lipinski definition) is 9. The number of benzene rings is 2. The summed E-state index contributed by atoms with van der Waals surface area (Å²) < 4.78 is 9.97. The van der Waals surface area contributed by atoms with E-state index in [0.717, 1.165) is 11.8 Å². The number of Topliss-reactive ketones (excluding diaryl/α,β-unsaturated/α-hetero) is 1. The summed E-state index contributed by atoms with van der Waals surface area (Å²) >= 11 is 3.23. The van der Waals surface area contributed by atoms with Crippen molar-refractivity contribution in [3.05, 3.63) is 58.7 Å². The molecule has 2 aromatic rings. The quantitative estimate of drug-likeness (QED) is 0.146. The molecule has 5 N–H and O–H groups in total. The second kappa shape index (κ2) is 20.7. The fourth-order valence-corrected chi connectivity index (χ4v) is 3.02. The molecule has 9 nitrogen and oxygen atoms in total. The number of aliphatic hydroxyl groups excluding tert-OH is 4. The van der Waals surface area contributed by atoms with Crippen LogP contribution in [0.2, 0.25) is 0 Å². The van der Waals surface area contributed by atoms with E-state index in [4.69, 9.17) is 30.3 Å². The Labute approximate surface area is 220 Å². The van der Waals surface area contributed by atoms with Crippen molar-refractivity contribution in [1.82, 2.24) is 0 Å². The van der Waals surface area contributed by atoms with Gasteiger partial charge in [0.2, 0.25) is 0 Å². The number of carbonyl (C=O) groups is 2. The summed E-state index contributed by atoms with van der Waals surface area (Å²) in [5.41, 5.74) is 2.58. The summed E-state index contributed by atoms with van der Waals surface area (Å²) in [4.78, 5) is 21.1.